The summed E-state index contributed by atoms with van der Waals surface area (Å²) in [6.45, 7) is 7.98. The Hall–Kier alpha value is -0.370. The van der Waals surface area contributed by atoms with Gasteiger partial charge in [-0.3, -0.25) is 4.79 Å². The van der Waals surface area contributed by atoms with Crippen molar-refractivity contribution in [3.63, 3.8) is 0 Å². The van der Waals surface area contributed by atoms with Crippen molar-refractivity contribution in [2.45, 2.75) is 58.2 Å². The lowest BCUT2D eigenvalue weighted by Gasteiger charge is -2.26. The van der Waals surface area contributed by atoms with E-state index < -0.39 is 5.60 Å². The van der Waals surface area contributed by atoms with E-state index in [0.29, 0.717) is 6.42 Å². The van der Waals surface area contributed by atoms with Crippen LogP contribution in [0.15, 0.2) is 0 Å². The van der Waals surface area contributed by atoms with Gasteiger partial charge < -0.3 is 4.74 Å². The molecule has 1 saturated heterocycles. The molecule has 0 aromatic carbocycles. The topological polar surface area (TPSA) is 26.3 Å². The molecule has 0 radical (unpaired) electrons. The predicted octanol–water partition coefficient (Wildman–Crippen LogP) is 2.31. The zero-order valence-electron chi connectivity index (χ0n) is 8.44. The molecule has 0 unspecified atom stereocenters. The molecule has 0 bridgehead atoms. The molecule has 0 aromatic rings. The molecule has 1 rings (SSSR count). The van der Waals surface area contributed by atoms with Crippen LogP contribution in [0.2, 0.25) is 0 Å². The maximum Gasteiger partial charge on any atom is 0.167 e. The van der Waals surface area contributed by atoms with Crippen LogP contribution in [0, 0.1) is 0 Å². The number of carbonyl (C=O) groups is 1. The predicted molar refractivity (Wildman–Crippen MR) is 48.1 cm³/mol. The number of hydrogen-bond acceptors (Lipinski definition) is 2. The first-order chi connectivity index (χ1) is 5.46. The average Bonchev–Trinajstić information content (AvgIpc) is 2.25. The largest absolute Gasteiger partial charge is 0.361 e. The molecule has 1 heterocycles. The van der Waals surface area contributed by atoms with Crippen molar-refractivity contribution in [1.82, 2.24) is 0 Å². The fourth-order valence-electron chi connectivity index (χ4n) is 1.63. The fourth-order valence-corrected chi connectivity index (χ4v) is 1.63. The van der Waals surface area contributed by atoms with Gasteiger partial charge in [0.25, 0.3) is 0 Å². The van der Waals surface area contributed by atoms with Crippen LogP contribution >= 0.6 is 0 Å². The third-order valence-corrected chi connectivity index (χ3v) is 3.02. The number of carbonyl (C=O) groups excluding carboxylic acids is 1. The zero-order valence-corrected chi connectivity index (χ0v) is 8.44. The molecule has 2 atom stereocenters. The molecule has 1 aliphatic heterocycles. The quantitative estimate of drug-likeness (QED) is 0.635. The van der Waals surface area contributed by atoms with Crippen molar-refractivity contribution < 1.29 is 9.53 Å². The molecule has 0 aromatic heterocycles. The third kappa shape index (κ3) is 1.40. The van der Waals surface area contributed by atoms with E-state index in [9.17, 15) is 4.79 Å². The van der Waals surface area contributed by atoms with E-state index >= 15 is 0 Å². The van der Waals surface area contributed by atoms with Crippen LogP contribution in [0.25, 0.3) is 0 Å². The molecule has 0 saturated carbocycles. The van der Waals surface area contributed by atoms with Crippen LogP contribution in [-0.4, -0.2) is 17.0 Å². The van der Waals surface area contributed by atoms with Crippen molar-refractivity contribution in [1.29, 1.82) is 0 Å². The average molecular weight is 170 g/mol. The minimum Gasteiger partial charge on any atom is -0.361 e. The van der Waals surface area contributed by atoms with E-state index in [-0.39, 0.29) is 11.4 Å². The van der Waals surface area contributed by atoms with Gasteiger partial charge >= 0.3 is 0 Å². The lowest BCUT2D eigenvalue weighted by Crippen LogP contribution is -2.33. The summed E-state index contributed by atoms with van der Waals surface area (Å²) in [4.78, 5) is 11.6. The Morgan fingerprint density at radius 1 is 1.33 bits per heavy atom. The van der Waals surface area contributed by atoms with Gasteiger partial charge in [-0.05, 0) is 26.7 Å². The highest BCUT2D eigenvalue weighted by molar-refractivity contribution is 5.89. The van der Waals surface area contributed by atoms with Gasteiger partial charge in [-0.25, -0.2) is 0 Å². The normalized spacial score (nSPS) is 42.2. The summed E-state index contributed by atoms with van der Waals surface area (Å²) in [6.07, 6.45) is 2.27. The number of rotatable bonds is 2. The van der Waals surface area contributed by atoms with Crippen LogP contribution in [0.1, 0.15) is 47.0 Å². The van der Waals surface area contributed by atoms with E-state index in [2.05, 4.69) is 6.92 Å². The first kappa shape index (κ1) is 9.72. The van der Waals surface area contributed by atoms with Crippen LogP contribution in [0.3, 0.4) is 0 Å². The van der Waals surface area contributed by atoms with E-state index in [1.807, 2.05) is 20.8 Å². The van der Waals surface area contributed by atoms with E-state index in [0.717, 1.165) is 12.8 Å². The highest BCUT2D eigenvalue weighted by Gasteiger charge is 2.48. The molecule has 0 N–H and O–H groups in total. The fraction of sp³-hybridized carbons (Fsp3) is 0.900. The van der Waals surface area contributed by atoms with Crippen molar-refractivity contribution >= 4 is 5.78 Å². The van der Waals surface area contributed by atoms with E-state index in [1.165, 1.54) is 0 Å². The molecule has 1 fully saturated rings. The maximum absolute atomic E-state index is 11.6. The van der Waals surface area contributed by atoms with Gasteiger partial charge in [-0.2, -0.15) is 0 Å². The Bertz CT molecular complexity index is 200. The summed E-state index contributed by atoms with van der Waals surface area (Å²) < 4.78 is 5.80. The van der Waals surface area contributed by atoms with Gasteiger partial charge in [0.2, 0.25) is 0 Å². The second-order valence-corrected chi connectivity index (χ2v) is 4.09. The standard InChI is InChI=1S/C10H18O2/c1-5-9(3)7-8(11)10(4,6-2)12-9/h5-7H2,1-4H3/t9-,10+/m0/s1. The van der Waals surface area contributed by atoms with Crippen molar-refractivity contribution in [3.8, 4) is 0 Å². The van der Waals surface area contributed by atoms with E-state index in [1.54, 1.807) is 0 Å². The van der Waals surface area contributed by atoms with Crippen molar-refractivity contribution in [2.75, 3.05) is 0 Å². The van der Waals surface area contributed by atoms with Gasteiger partial charge in [-0.1, -0.05) is 13.8 Å². The monoisotopic (exact) mass is 170 g/mol. The second kappa shape index (κ2) is 2.84. The molecule has 12 heavy (non-hydrogen) atoms. The van der Waals surface area contributed by atoms with Gasteiger partial charge in [-0.15, -0.1) is 0 Å². The maximum atomic E-state index is 11.6. The molecule has 0 amide bonds. The Balaban J connectivity index is 2.81. The Kier molecular flexibility index (Phi) is 2.30. The minimum atomic E-state index is -0.509. The van der Waals surface area contributed by atoms with Crippen LogP contribution in [-0.2, 0) is 9.53 Å². The summed E-state index contributed by atoms with van der Waals surface area (Å²) in [5.41, 5.74) is -0.716. The van der Waals surface area contributed by atoms with Crippen LogP contribution in [0.4, 0.5) is 0 Å². The van der Waals surface area contributed by atoms with E-state index in [4.69, 9.17) is 4.74 Å². The first-order valence-electron chi connectivity index (χ1n) is 4.69. The Morgan fingerprint density at radius 3 is 2.17 bits per heavy atom. The summed E-state index contributed by atoms with van der Waals surface area (Å²) >= 11 is 0. The zero-order chi connectivity index (χ0) is 9.41. The summed E-state index contributed by atoms with van der Waals surface area (Å²) in [5, 5.41) is 0. The summed E-state index contributed by atoms with van der Waals surface area (Å²) in [6, 6.07) is 0. The summed E-state index contributed by atoms with van der Waals surface area (Å²) in [7, 11) is 0. The SMILES string of the molecule is CC[C@@]1(C)CC(=O)[C@@](C)(CC)O1. The van der Waals surface area contributed by atoms with Crippen molar-refractivity contribution in [2.24, 2.45) is 0 Å². The van der Waals surface area contributed by atoms with Gasteiger partial charge in [0.1, 0.15) is 5.60 Å². The molecule has 2 nitrogen and oxygen atoms in total. The molecule has 2 heteroatoms. The van der Waals surface area contributed by atoms with Gasteiger partial charge in [0.15, 0.2) is 5.78 Å². The minimum absolute atomic E-state index is 0.207. The lowest BCUT2D eigenvalue weighted by atomic mass is 9.94. The van der Waals surface area contributed by atoms with Gasteiger partial charge in [0.05, 0.1) is 5.60 Å². The number of Topliss-reactive ketones (excluding diaryl/α,β-unsaturated/α-hetero) is 1. The Morgan fingerprint density at radius 2 is 1.92 bits per heavy atom. The van der Waals surface area contributed by atoms with Gasteiger partial charge in [0, 0.05) is 6.42 Å². The molecular weight excluding hydrogens is 152 g/mol. The highest BCUT2D eigenvalue weighted by Crippen LogP contribution is 2.38. The molecular formula is C10H18O2. The molecule has 0 aliphatic carbocycles. The summed E-state index contributed by atoms with van der Waals surface area (Å²) in [5.74, 6) is 0.259. The first-order valence-corrected chi connectivity index (χ1v) is 4.69. The van der Waals surface area contributed by atoms with Crippen LogP contribution in [0.5, 0.6) is 0 Å². The smallest absolute Gasteiger partial charge is 0.167 e. The number of ketones is 1. The molecule has 1 aliphatic rings. The number of ether oxygens (including phenoxy) is 1. The molecule has 0 spiro atoms. The second-order valence-electron chi connectivity index (χ2n) is 4.09. The lowest BCUT2D eigenvalue weighted by molar-refractivity contribution is -0.136. The Labute approximate surface area is 74.3 Å². The third-order valence-electron chi connectivity index (χ3n) is 3.02. The highest BCUT2D eigenvalue weighted by atomic mass is 16.5. The van der Waals surface area contributed by atoms with Crippen molar-refractivity contribution in [3.05, 3.63) is 0 Å². The molecule has 70 valence electrons. The van der Waals surface area contributed by atoms with Crippen LogP contribution < -0.4 is 0 Å². The number of hydrogen-bond donors (Lipinski definition) is 0.